The van der Waals surface area contributed by atoms with Crippen LogP contribution in [0.25, 0.3) is 0 Å². The summed E-state index contributed by atoms with van der Waals surface area (Å²) in [6, 6.07) is 19.6. The zero-order valence-electron chi connectivity index (χ0n) is 28.5. The molecule has 10 nitrogen and oxygen atoms in total. The number of anilines is 1. The molecule has 2 heterocycles. The summed E-state index contributed by atoms with van der Waals surface area (Å²) in [6.45, 7) is 8.43. The second-order valence-corrected chi connectivity index (χ2v) is 13.2. The highest BCUT2D eigenvalue weighted by Gasteiger charge is 2.31. The molecule has 3 N–H and O–H groups in total. The van der Waals surface area contributed by atoms with Crippen molar-refractivity contribution >= 4 is 23.4 Å². The molecule has 2 aromatic carbocycles. The quantitative estimate of drug-likeness (QED) is 0.159. The van der Waals surface area contributed by atoms with E-state index in [0.717, 1.165) is 83.5 Å². The van der Waals surface area contributed by atoms with Crippen molar-refractivity contribution in [3.63, 3.8) is 0 Å². The minimum absolute atomic E-state index is 0.103. The van der Waals surface area contributed by atoms with Gasteiger partial charge in [0.05, 0.1) is 0 Å². The molecule has 2 fully saturated rings. The average Bonchev–Trinajstić information content (AvgIpc) is 3.44. The van der Waals surface area contributed by atoms with Crippen molar-refractivity contribution in [3.05, 3.63) is 83.7 Å². The lowest BCUT2D eigenvalue weighted by Gasteiger charge is -2.34. The van der Waals surface area contributed by atoms with E-state index in [2.05, 4.69) is 62.3 Å². The molecule has 10 heteroatoms. The predicted molar refractivity (Wildman–Crippen MR) is 190 cm³/mol. The van der Waals surface area contributed by atoms with Crippen LogP contribution in [0.2, 0.25) is 0 Å². The van der Waals surface area contributed by atoms with Gasteiger partial charge in [-0.3, -0.25) is 24.0 Å². The average molecular weight is 656 g/mol. The van der Waals surface area contributed by atoms with Crippen LogP contribution < -0.4 is 16.0 Å². The van der Waals surface area contributed by atoms with Gasteiger partial charge in [-0.1, -0.05) is 68.1 Å². The summed E-state index contributed by atoms with van der Waals surface area (Å²) in [5.74, 6) is -0.0950. The molecule has 258 valence electrons. The number of benzene rings is 2. The lowest BCUT2D eigenvalue weighted by Crippen LogP contribution is -2.49. The Morgan fingerprint density at radius 3 is 2.29 bits per heavy atom. The second kappa shape index (κ2) is 18.5. The van der Waals surface area contributed by atoms with Crippen LogP contribution in [-0.2, 0) is 29.1 Å². The normalized spacial score (nSPS) is 16.6. The first-order valence-corrected chi connectivity index (χ1v) is 18.0. The standard InChI is InChI=1S/C38H53N7O3/c1-2-45-34(20-24-40-45)37(47)42-36(32-14-8-3-4-9-15-32)38(48)41-33-18-16-30(17-19-33)13-10-22-39-23-21-35(46)44-27-25-43(26-28-44)29-31-11-6-5-7-12-31/h5-7,11-12,16-20,24,32,36,39H,2-4,8-10,13-15,21-23,25-29H2,1H3,(H,41,48)(H,42,47)/t36-/m0/s1. The number of aromatic nitrogens is 2. The van der Waals surface area contributed by atoms with Gasteiger partial charge in [-0.25, -0.2) is 0 Å². The number of hydrogen-bond acceptors (Lipinski definition) is 6. The summed E-state index contributed by atoms with van der Waals surface area (Å²) in [7, 11) is 0. The number of aryl methyl sites for hydroxylation is 2. The fourth-order valence-electron chi connectivity index (χ4n) is 6.90. The number of hydrogen-bond donors (Lipinski definition) is 3. The number of carbonyl (C=O) groups excluding carboxylic acids is 3. The highest BCUT2D eigenvalue weighted by atomic mass is 16.2. The molecule has 0 bridgehead atoms. The van der Waals surface area contributed by atoms with Gasteiger partial charge in [-0.2, -0.15) is 5.10 Å². The molecule has 1 saturated carbocycles. The summed E-state index contributed by atoms with van der Waals surface area (Å²) in [5.41, 5.74) is 3.72. The van der Waals surface area contributed by atoms with Crippen LogP contribution in [0.3, 0.4) is 0 Å². The Morgan fingerprint density at radius 1 is 0.854 bits per heavy atom. The highest BCUT2D eigenvalue weighted by Crippen LogP contribution is 2.27. The van der Waals surface area contributed by atoms with Gasteiger partial charge in [0.15, 0.2) is 0 Å². The highest BCUT2D eigenvalue weighted by molar-refractivity contribution is 6.00. The number of carbonyl (C=O) groups is 3. The van der Waals surface area contributed by atoms with E-state index in [4.69, 9.17) is 0 Å². The smallest absolute Gasteiger partial charge is 0.270 e. The lowest BCUT2D eigenvalue weighted by atomic mass is 9.91. The minimum atomic E-state index is -0.599. The second-order valence-electron chi connectivity index (χ2n) is 13.2. The fourth-order valence-corrected chi connectivity index (χ4v) is 6.90. The maximum absolute atomic E-state index is 13.6. The molecule has 2 aliphatic rings. The van der Waals surface area contributed by atoms with Gasteiger partial charge in [-0.15, -0.1) is 0 Å². The number of amides is 3. The first kappa shape index (κ1) is 35.3. The van der Waals surface area contributed by atoms with Gasteiger partial charge in [0.2, 0.25) is 11.8 Å². The van der Waals surface area contributed by atoms with Crippen molar-refractivity contribution in [3.8, 4) is 0 Å². The molecule has 3 aromatic rings. The Bertz CT molecular complexity index is 1430. The maximum atomic E-state index is 13.6. The molecular formula is C38H53N7O3. The first-order chi connectivity index (χ1) is 23.5. The van der Waals surface area contributed by atoms with Gasteiger partial charge >= 0.3 is 0 Å². The largest absolute Gasteiger partial charge is 0.340 e. The third-order valence-electron chi connectivity index (χ3n) is 9.72. The number of nitrogens with zero attached hydrogens (tertiary/aromatic N) is 4. The molecule has 1 atom stereocenters. The summed E-state index contributed by atoms with van der Waals surface area (Å²) in [5, 5.41) is 13.8. The van der Waals surface area contributed by atoms with Crippen molar-refractivity contribution in [2.24, 2.45) is 5.92 Å². The van der Waals surface area contributed by atoms with Crippen LogP contribution in [0.5, 0.6) is 0 Å². The molecule has 5 rings (SSSR count). The third kappa shape index (κ3) is 10.5. The molecule has 0 unspecified atom stereocenters. The summed E-state index contributed by atoms with van der Waals surface area (Å²) >= 11 is 0. The van der Waals surface area contributed by atoms with Gasteiger partial charge < -0.3 is 20.9 Å². The van der Waals surface area contributed by atoms with E-state index < -0.39 is 6.04 Å². The lowest BCUT2D eigenvalue weighted by molar-refractivity contribution is -0.132. The molecule has 48 heavy (non-hydrogen) atoms. The van der Waals surface area contributed by atoms with Crippen molar-refractivity contribution in [1.82, 2.24) is 30.2 Å². The molecule has 1 aliphatic carbocycles. The van der Waals surface area contributed by atoms with Crippen molar-refractivity contribution < 1.29 is 14.4 Å². The summed E-state index contributed by atoms with van der Waals surface area (Å²) in [6.07, 6.45) is 10.4. The van der Waals surface area contributed by atoms with Crippen LogP contribution in [0.4, 0.5) is 5.69 Å². The topological polar surface area (TPSA) is 112 Å². The van der Waals surface area contributed by atoms with E-state index >= 15 is 0 Å². The van der Waals surface area contributed by atoms with E-state index in [0.29, 0.717) is 25.2 Å². The Labute approximate surface area is 285 Å². The van der Waals surface area contributed by atoms with Crippen LogP contribution in [0.1, 0.15) is 79.9 Å². The van der Waals surface area contributed by atoms with Crippen LogP contribution >= 0.6 is 0 Å². The molecule has 1 saturated heterocycles. The molecule has 1 aliphatic heterocycles. The first-order valence-electron chi connectivity index (χ1n) is 18.0. The van der Waals surface area contributed by atoms with Gasteiger partial charge in [0, 0.05) is 64.1 Å². The zero-order chi connectivity index (χ0) is 33.6. The van der Waals surface area contributed by atoms with Crippen molar-refractivity contribution in [2.75, 3.05) is 44.6 Å². The van der Waals surface area contributed by atoms with E-state index in [9.17, 15) is 14.4 Å². The van der Waals surface area contributed by atoms with E-state index in [-0.39, 0.29) is 23.6 Å². The summed E-state index contributed by atoms with van der Waals surface area (Å²) in [4.78, 5) is 43.9. The maximum Gasteiger partial charge on any atom is 0.270 e. The molecule has 0 radical (unpaired) electrons. The van der Waals surface area contributed by atoms with E-state index in [1.165, 1.54) is 24.0 Å². The molecular weight excluding hydrogens is 602 g/mol. The van der Waals surface area contributed by atoms with E-state index in [1.54, 1.807) is 16.9 Å². The molecule has 1 aromatic heterocycles. The van der Waals surface area contributed by atoms with Gasteiger partial charge in [0.25, 0.3) is 5.91 Å². The Kier molecular flexibility index (Phi) is 13.6. The number of piperazine rings is 1. The van der Waals surface area contributed by atoms with Crippen LogP contribution in [0, 0.1) is 5.92 Å². The van der Waals surface area contributed by atoms with Crippen LogP contribution in [-0.4, -0.2) is 82.6 Å². The van der Waals surface area contributed by atoms with Crippen molar-refractivity contribution in [2.45, 2.75) is 83.8 Å². The zero-order valence-corrected chi connectivity index (χ0v) is 28.5. The fraction of sp³-hybridized carbons (Fsp3) is 0.526. The monoisotopic (exact) mass is 655 g/mol. The Hall–Kier alpha value is -4.02. The molecule has 0 spiro atoms. The SMILES string of the molecule is CCn1nccc1C(=O)N[C@H](C(=O)Nc1ccc(CCCNCCC(=O)N2CCN(Cc3ccccc3)CC2)cc1)C1CCCCCC1. The number of rotatable bonds is 15. The summed E-state index contributed by atoms with van der Waals surface area (Å²) < 4.78 is 1.65. The van der Waals surface area contributed by atoms with Crippen molar-refractivity contribution in [1.29, 1.82) is 0 Å². The van der Waals surface area contributed by atoms with Gasteiger partial charge in [-0.05, 0) is 74.4 Å². The number of nitrogens with one attached hydrogen (secondary N) is 3. The third-order valence-corrected chi connectivity index (χ3v) is 9.72. The predicted octanol–water partition coefficient (Wildman–Crippen LogP) is 4.87. The van der Waals surface area contributed by atoms with Crippen LogP contribution in [0.15, 0.2) is 66.9 Å². The van der Waals surface area contributed by atoms with Gasteiger partial charge in [0.1, 0.15) is 11.7 Å². The Morgan fingerprint density at radius 2 is 1.58 bits per heavy atom. The minimum Gasteiger partial charge on any atom is -0.340 e. The Balaban J connectivity index is 1.01. The molecule has 3 amide bonds. The van der Waals surface area contributed by atoms with E-state index in [1.807, 2.05) is 30.0 Å².